The third kappa shape index (κ3) is 3.59. The Bertz CT molecular complexity index is 867. The molecule has 4 nitrogen and oxygen atoms in total. The Morgan fingerprint density at radius 3 is 2.58 bits per heavy atom. The van der Waals surface area contributed by atoms with Crippen LogP contribution in [0.2, 0.25) is 10.0 Å². The Kier molecular flexibility index (Phi) is 4.85. The van der Waals surface area contributed by atoms with Crippen molar-refractivity contribution in [3.05, 3.63) is 68.5 Å². The molecule has 1 aliphatic rings. The van der Waals surface area contributed by atoms with Crippen molar-refractivity contribution in [3.8, 4) is 0 Å². The van der Waals surface area contributed by atoms with E-state index < -0.39 is 0 Å². The maximum Gasteiger partial charge on any atom is 0.293 e. The van der Waals surface area contributed by atoms with Gasteiger partial charge in [-0.1, -0.05) is 41.4 Å². The first-order chi connectivity index (χ1) is 11.4. The number of benzene rings is 2. The second-order valence-electron chi connectivity index (χ2n) is 5.19. The number of nitrogens with zero attached hydrogens (tertiary/aromatic N) is 1. The fourth-order valence-corrected chi connectivity index (χ4v) is 3.42. The Labute approximate surface area is 153 Å². The molecule has 0 aliphatic carbocycles. The van der Waals surface area contributed by atoms with E-state index in [1.165, 1.54) is 4.90 Å². The summed E-state index contributed by atoms with van der Waals surface area (Å²) < 4.78 is 0. The number of imide groups is 1. The van der Waals surface area contributed by atoms with Crippen LogP contribution < -0.4 is 5.73 Å². The number of carbonyl (C=O) groups is 2. The molecule has 24 heavy (non-hydrogen) atoms. The average Bonchev–Trinajstić information content (AvgIpc) is 2.78. The van der Waals surface area contributed by atoms with E-state index in [-0.39, 0.29) is 17.7 Å². The average molecular weight is 379 g/mol. The van der Waals surface area contributed by atoms with Crippen LogP contribution in [0.1, 0.15) is 11.1 Å². The predicted octanol–water partition coefficient (Wildman–Crippen LogP) is 4.81. The largest absolute Gasteiger partial charge is 0.399 e. The van der Waals surface area contributed by atoms with Crippen molar-refractivity contribution >= 4 is 57.9 Å². The van der Waals surface area contributed by atoms with E-state index >= 15 is 0 Å². The number of hydrogen-bond donors (Lipinski definition) is 1. The van der Waals surface area contributed by atoms with Crippen molar-refractivity contribution in [3.63, 3.8) is 0 Å². The summed E-state index contributed by atoms with van der Waals surface area (Å²) in [6.45, 7) is 0.149. The van der Waals surface area contributed by atoms with Gasteiger partial charge < -0.3 is 5.73 Å². The molecule has 0 aromatic heterocycles. The van der Waals surface area contributed by atoms with E-state index in [0.717, 1.165) is 22.9 Å². The van der Waals surface area contributed by atoms with E-state index in [0.29, 0.717) is 20.6 Å². The number of amides is 2. The first-order valence-corrected chi connectivity index (χ1v) is 8.56. The summed E-state index contributed by atoms with van der Waals surface area (Å²) in [5, 5.41) is 0.494. The summed E-state index contributed by atoms with van der Waals surface area (Å²) in [6.07, 6.45) is 1.66. The van der Waals surface area contributed by atoms with Gasteiger partial charge in [0.25, 0.3) is 11.1 Å². The highest BCUT2D eigenvalue weighted by atomic mass is 35.5. The highest BCUT2D eigenvalue weighted by Crippen LogP contribution is 2.34. The SMILES string of the molecule is Nc1cccc(C=C2SC(=O)N(Cc3ccc(Cl)c(Cl)c3)C2=O)c1. The van der Waals surface area contributed by atoms with Crippen LogP contribution in [0.5, 0.6) is 0 Å². The second kappa shape index (κ2) is 6.89. The standard InChI is InChI=1S/C17H12Cl2N2O2S/c18-13-5-4-11(7-14(13)19)9-21-16(22)15(24-17(21)23)8-10-2-1-3-12(20)6-10/h1-8H,9,20H2. The Morgan fingerprint density at radius 1 is 1.08 bits per heavy atom. The fraction of sp³-hybridized carbons (Fsp3) is 0.0588. The molecule has 2 amide bonds. The lowest BCUT2D eigenvalue weighted by atomic mass is 10.2. The third-order valence-corrected chi connectivity index (χ3v) is 5.05. The predicted molar refractivity (Wildman–Crippen MR) is 98.8 cm³/mol. The third-order valence-electron chi connectivity index (χ3n) is 3.41. The quantitative estimate of drug-likeness (QED) is 0.614. The molecule has 0 unspecified atom stereocenters. The maximum atomic E-state index is 12.5. The first kappa shape index (κ1) is 16.9. The molecule has 122 valence electrons. The zero-order chi connectivity index (χ0) is 17.3. The number of carbonyl (C=O) groups excluding carboxylic acids is 2. The minimum atomic E-state index is -0.335. The highest BCUT2D eigenvalue weighted by molar-refractivity contribution is 8.18. The molecule has 7 heteroatoms. The van der Waals surface area contributed by atoms with E-state index in [1.54, 1.807) is 42.5 Å². The van der Waals surface area contributed by atoms with Crippen molar-refractivity contribution < 1.29 is 9.59 Å². The summed E-state index contributed by atoms with van der Waals surface area (Å²) in [4.78, 5) is 26.2. The van der Waals surface area contributed by atoms with Gasteiger partial charge in [-0.05, 0) is 53.2 Å². The molecule has 1 fully saturated rings. The molecule has 3 rings (SSSR count). The van der Waals surface area contributed by atoms with E-state index in [1.807, 2.05) is 6.07 Å². The molecule has 0 saturated carbocycles. The lowest BCUT2D eigenvalue weighted by Crippen LogP contribution is -2.27. The van der Waals surface area contributed by atoms with Gasteiger partial charge in [0.1, 0.15) is 0 Å². The molecular weight excluding hydrogens is 367 g/mol. The Morgan fingerprint density at radius 2 is 1.88 bits per heavy atom. The van der Waals surface area contributed by atoms with Gasteiger partial charge in [0.05, 0.1) is 21.5 Å². The lowest BCUT2D eigenvalue weighted by molar-refractivity contribution is -0.123. The van der Waals surface area contributed by atoms with Crippen LogP contribution in [0.15, 0.2) is 47.4 Å². The minimum absolute atomic E-state index is 0.149. The number of nitrogens with two attached hydrogens (primary N) is 1. The van der Waals surface area contributed by atoms with E-state index in [4.69, 9.17) is 28.9 Å². The van der Waals surface area contributed by atoms with Crippen LogP contribution in [0, 0.1) is 0 Å². The summed E-state index contributed by atoms with van der Waals surface area (Å²) in [5.41, 5.74) is 7.83. The molecule has 0 radical (unpaired) electrons. The van der Waals surface area contributed by atoms with Crippen molar-refractivity contribution in [2.24, 2.45) is 0 Å². The molecule has 0 bridgehead atoms. The zero-order valence-electron chi connectivity index (χ0n) is 12.3. The van der Waals surface area contributed by atoms with Gasteiger partial charge in [-0.2, -0.15) is 0 Å². The maximum absolute atomic E-state index is 12.5. The van der Waals surface area contributed by atoms with E-state index in [2.05, 4.69) is 0 Å². The fourth-order valence-electron chi connectivity index (χ4n) is 2.26. The van der Waals surface area contributed by atoms with Crippen LogP contribution in [0.3, 0.4) is 0 Å². The molecule has 1 heterocycles. The summed E-state index contributed by atoms with van der Waals surface area (Å²) in [5.74, 6) is -0.335. The summed E-state index contributed by atoms with van der Waals surface area (Å²) in [6, 6.07) is 12.1. The van der Waals surface area contributed by atoms with Gasteiger partial charge in [-0.3, -0.25) is 14.5 Å². The van der Waals surface area contributed by atoms with Gasteiger partial charge in [0.15, 0.2) is 0 Å². The second-order valence-corrected chi connectivity index (χ2v) is 6.99. The number of hydrogen-bond acceptors (Lipinski definition) is 4. The smallest absolute Gasteiger partial charge is 0.293 e. The number of thioether (sulfide) groups is 1. The zero-order valence-corrected chi connectivity index (χ0v) is 14.7. The monoisotopic (exact) mass is 378 g/mol. The van der Waals surface area contributed by atoms with Crippen LogP contribution in [0.4, 0.5) is 10.5 Å². The topological polar surface area (TPSA) is 63.4 Å². The minimum Gasteiger partial charge on any atom is -0.399 e. The molecular formula is C17H12Cl2N2O2S. The van der Waals surface area contributed by atoms with Crippen LogP contribution in [0.25, 0.3) is 6.08 Å². The van der Waals surface area contributed by atoms with Crippen LogP contribution in [-0.4, -0.2) is 16.0 Å². The molecule has 0 atom stereocenters. The van der Waals surface area contributed by atoms with Gasteiger partial charge >= 0.3 is 0 Å². The van der Waals surface area contributed by atoms with Crippen molar-refractivity contribution in [1.29, 1.82) is 0 Å². The molecule has 0 spiro atoms. The first-order valence-electron chi connectivity index (χ1n) is 6.99. The normalized spacial score (nSPS) is 16.2. The van der Waals surface area contributed by atoms with Crippen molar-refractivity contribution in [2.75, 3.05) is 5.73 Å². The van der Waals surface area contributed by atoms with Crippen molar-refractivity contribution in [1.82, 2.24) is 4.90 Å². The van der Waals surface area contributed by atoms with Crippen molar-refractivity contribution in [2.45, 2.75) is 6.54 Å². The number of nitrogen functional groups attached to an aromatic ring is 1. The number of rotatable bonds is 3. The van der Waals surface area contributed by atoms with Crippen LogP contribution in [-0.2, 0) is 11.3 Å². The number of anilines is 1. The Balaban J connectivity index is 1.82. The lowest BCUT2D eigenvalue weighted by Gasteiger charge is -2.12. The van der Waals surface area contributed by atoms with Gasteiger partial charge in [0, 0.05) is 5.69 Å². The summed E-state index contributed by atoms with van der Waals surface area (Å²) in [7, 11) is 0. The van der Waals surface area contributed by atoms with Crippen LogP contribution >= 0.6 is 35.0 Å². The molecule has 1 saturated heterocycles. The van der Waals surface area contributed by atoms with E-state index in [9.17, 15) is 9.59 Å². The highest BCUT2D eigenvalue weighted by Gasteiger charge is 2.35. The number of halogens is 2. The van der Waals surface area contributed by atoms with Gasteiger partial charge in [-0.15, -0.1) is 0 Å². The molecule has 2 N–H and O–H groups in total. The summed E-state index contributed by atoms with van der Waals surface area (Å²) >= 11 is 12.8. The van der Waals surface area contributed by atoms with Gasteiger partial charge in [0.2, 0.25) is 0 Å². The Hall–Kier alpha value is -1.95. The molecule has 2 aromatic rings. The molecule has 2 aromatic carbocycles. The van der Waals surface area contributed by atoms with Gasteiger partial charge in [-0.25, -0.2) is 0 Å². The molecule has 1 aliphatic heterocycles.